The van der Waals surface area contributed by atoms with Crippen LogP contribution in [0, 0.1) is 17.8 Å². The lowest BCUT2D eigenvalue weighted by atomic mass is 9.94. The Morgan fingerprint density at radius 2 is 1.30 bits per heavy atom. The van der Waals surface area contributed by atoms with Crippen LogP contribution in [0.15, 0.2) is 0 Å². The molecule has 0 rings (SSSR count). The smallest absolute Gasteiger partial charge is 0.264 e. The standard InChI is InChI=1S/C7H16O4S.C6H14O4S/c1-4-7(6(2)3)5-11-12(8,9)10;1-3-4-6(2)5-10-11(7,8)9/h6-7H,4-5H2,1-3H3,(H,8,9,10);6H,3-5H2,1-2H3,(H,7,8,9). The molecule has 10 heteroatoms. The van der Waals surface area contributed by atoms with E-state index in [2.05, 4.69) is 8.37 Å². The molecule has 0 aliphatic carbocycles. The first-order valence-electron chi connectivity index (χ1n) is 7.56. The molecule has 0 saturated heterocycles. The SMILES string of the molecule is CCC(COS(=O)(=O)O)C(C)C.CCCC(C)COS(=O)(=O)O. The summed E-state index contributed by atoms with van der Waals surface area (Å²) in [4.78, 5) is 0. The molecular weight excluding hydrogens is 348 g/mol. The first-order valence-corrected chi connectivity index (χ1v) is 10.3. The van der Waals surface area contributed by atoms with Crippen molar-refractivity contribution in [3.63, 3.8) is 0 Å². The minimum absolute atomic E-state index is 0.0622. The molecule has 0 saturated carbocycles. The summed E-state index contributed by atoms with van der Waals surface area (Å²) in [7, 11) is -8.50. The molecule has 0 aromatic rings. The molecule has 2 atom stereocenters. The van der Waals surface area contributed by atoms with E-state index < -0.39 is 20.8 Å². The van der Waals surface area contributed by atoms with Crippen molar-refractivity contribution in [2.24, 2.45) is 17.8 Å². The molecule has 23 heavy (non-hydrogen) atoms. The van der Waals surface area contributed by atoms with Crippen LogP contribution in [0.5, 0.6) is 0 Å². The van der Waals surface area contributed by atoms with Crippen molar-refractivity contribution in [2.75, 3.05) is 13.2 Å². The van der Waals surface area contributed by atoms with Crippen LogP contribution in [0.4, 0.5) is 0 Å². The maximum Gasteiger partial charge on any atom is 0.397 e. The van der Waals surface area contributed by atoms with E-state index in [4.69, 9.17) is 9.11 Å². The monoisotopic (exact) mass is 378 g/mol. The van der Waals surface area contributed by atoms with Crippen LogP contribution in [0.25, 0.3) is 0 Å². The third kappa shape index (κ3) is 19.7. The lowest BCUT2D eigenvalue weighted by Gasteiger charge is -2.17. The third-order valence-electron chi connectivity index (χ3n) is 3.18. The highest BCUT2D eigenvalue weighted by molar-refractivity contribution is 7.81. The highest BCUT2D eigenvalue weighted by Crippen LogP contribution is 2.15. The van der Waals surface area contributed by atoms with E-state index >= 15 is 0 Å². The fourth-order valence-corrected chi connectivity index (χ4v) is 2.48. The Kier molecular flexibility index (Phi) is 13.2. The van der Waals surface area contributed by atoms with Crippen molar-refractivity contribution >= 4 is 20.8 Å². The first kappa shape index (κ1) is 25.0. The molecule has 2 unspecified atom stereocenters. The normalized spacial score (nSPS) is 15.0. The maximum atomic E-state index is 10.2. The van der Waals surface area contributed by atoms with Crippen LogP contribution in [0.1, 0.15) is 53.9 Å². The van der Waals surface area contributed by atoms with Gasteiger partial charge >= 0.3 is 20.8 Å². The lowest BCUT2D eigenvalue weighted by Crippen LogP contribution is -2.17. The van der Waals surface area contributed by atoms with Crippen LogP contribution < -0.4 is 0 Å². The fraction of sp³-hybridized carbons (Fsp3) is 1.00. The van der Waals surface area contributed by atoms with Gasteiger partial charge in [0, 0.05) is 0 Å². The first-order chi connectivity index (χ1) is 10.3. The average molecular weight is 379 g/mol. The zero-order valence-electron chi connectivity index (χ0n) is 14.4. The zero-order valence-corrected chi connectivity index (χ0v) is 16.1. The van der Waals surface area contributed by atoms with E-state index in [-0.39, 0.29) is 25.0 Å². The van der Waals surface area contributed by atoms with E-state index in [0.29, 0.717) is 5.92 Å². The molecule has 2 N–H and O–H groups in total. The van der Waals surface area contributed by atoms with Gasteiger partial charge in [0.2, 0.25) is 0 Å². The minimum atomic E-state index is -4.26. The molecule has 0 amide bonds. The fourth-order valence-electron chi connectivity index (χ4n) is 1.73. The molecule has 0 aromatic heterocycles. The molecule has 0 bridgehead atoms. The van der Waals surface area contributed by atoms with E-state index in [1.54, 1.807) is 0 Å². The number of rotatable bonds is 10. The second-order valence-electron chi connectivity index (χ2n) is 5.73. The van der Waals surface area contributed by atoms with Crippen molar-refractivity contribution in [2.45, 2.75) is 53.9 Å². The summed E-state index contributed by atoms with van der Waals surface area (Å²) in [5, 5.41) is 0. The van der Waals surface area contributed by atoms with Gasteiger partial charge < -0.3 is 0 Å². The largest absolute Gasteiger partial charge is 0.397 e. The summed E-state index contributed by atoms with van der Waals surface area (Å²) < 4.78 is 65.5. The summed E-state index contributed by atoms with van der Waals surface area (Å²) in [5.74, 6) is 0.700. The van der Waals surface area contributed by atoms with Gasteiger partial charge in [0.1, 0.15) is 0 Å². The van der Waals surface area contributed by atoms with Gasteiger partial charge in [-0.05, 0) is 24.2 Å². The van der Waals surface area contributed by atoms with E-state index in [9.17, 15) is 16.8 Å². The van der Waals surface area contributed by atoms with Crippen LogP contribution in [0.2, 0.25) is 0 Å². The molecule has 0 fully saturated rings. The molecule has 0 aliphatic heterocycles. The van der Waals surface area contributed by atoms with Crippen molar-refractivity contribution < 1.29 is 34.3 Å². The van der Waals surface area contributed by atoms with E-state index in [1.807, 2.05) is 34.6 Å². The van der Waals surface area contributed by atoms with Gasteiger partial charge in [0.05, 0.1) is 13.2 Å². The Bertz CT molecular complexity index is 484. The van der Waals surface area contributed by atoms with Gasteiger partial charge in [-0.15, -0.1) is 0 Å². The van der Waals surface area contributed by atoms with Gasteiger partial charge in [-0.1, -0.05) is 47.5 Å². The van der Waals surface area contributed by atoms with Gasteiger partial charge in [-0.2, -0.15) is 16.8 Å². The lowest BCUT2D eigenvalue weighted by molar-refractivity contribution is 0.189. The Morgan fingerprint density at radius 3 is 1.61 bits per heavy atom. The molecule has 0 spiro atoms. The van der Waals surface area contributed by atoms with Crippen LogP contribution in [-0.4, -0.2) is 39.2 Å². The second-order valence-corrected chi connectivity index (χ2v) is 7.91. The van der Waals surface area contributed by atoms with Crippen molar-refractivity contribution in [3.05, 3.63) is 0 Å². The molecule has 142 valence electrons. The predicted octanol–water partition coefficient (Wildman–Crippen LogP) is 2.73. The molecule has 0 heterocycles. The predicted molar refractivity (Wildman–Crippen MR) is 87.7 cm³/mol. The van der Waals surface area contributed by atoms with Crippen LogP contribution in [0.3, 0.4) is 0 Å². The quantitative estimate of drug-likeness (QED) is 0.555. The van der Waals surface area contributed by atoms with Gasteiger partial charge in [-0.25, -0.2) is 8.37 Å². The Balaban J connectivity index is 0. The molecule has 8 nitrogen and oxygen atoms in total. The minimum Gasteiger partial charge on any atom is -0.264 e. The average Bonchev–Trinajstić information content (AvgIpc) is 2.36. The highest BCUT2D eigenvalue weighted by atomic mass is 32.3. The van der Waals surface area contributed by atoms with Crippen LogP contribution >= 0.6 is 0 Å². The molecule has 0 aliphatic rings. The third-order valence-corrected chi connectivity index (χ3v) is 4.05. The summed E-state index contributed by atoms with van der Waals surface area (Å²) >= 11 is 0. The van der Waals surface area contributed by atoms with Gasteiger partial charge in [0.15, 0.2) is 0 Å². The molecule has 0 radical (unpaired) electrons. The van der Waals surface area contributed by atoms with Crippen molar-refractivity contribution in [1.29, 1.82) is 0 Å². The zero-order chi connectivity index (χ0) is 18.7. The topological polar surface area (TPSA) is 127 Å². The maximum absolute atomic E-state index is 10.2. The molecular formula is C13H30O8S2. The summed E-state index contributed by atoms with van der Waals surface area (Å²) in [6.07, 6.45) is 2.72. The van der Waals surface area contributed by atoms with Gasteiger partial charge in [0.25, 0.3) is 0 Å². The number of hydrogen-bond donors (Lipinski definition) is 2. The van der Waals surface area contributed by atoms with E-state index in [0.717, 1.165) is 19.3 Å². The van der Waals surface area contributed by atoms with Gasteiger partial charge in [-0.3, -0.25) is 9.11 Å². The second kappa shape index (κ2) is 12.2. The molecule has 0 aromatic carbocycles. The Hall–Kier alpha value is -0.260. The highest BCUT2D eigenvalue weighted by Gasteiger charge is 2.14. The summed E-state index contributed by atoms with van der Waals surface area (Å²) in [6.45, 7) is 9.93. The van der Waals surface area contributed by atoms with Crippen molar-refractivity contribution in [3.8, 4) is 0 Å². The summed E-state index contributed by atoms with van der Waals surface area (Å²) in [5.41, 5.74) is 0. The van der Waals surface area contributed by atoms with Crippen LogP contribution in [-0.2, 0) is 29.2 Å². The number of hydrogen-bond acceptors (Lipinski definition) is 6. The summed E-state index contributed by atoms with van der Waals surface area (Å²) in [6, 6.07) is 0. The Labute approximate surface area is 140 Å². The van der Waals surface area contributed by atoms with E-state index in [1.165, 1.54) is 0 Å². The van der Waals surface area contributed by atoms with Crippen molar-refractivity contribution in [1.82, 2.24) is 0 Å². The Morgan fingerprint density at radius 1 is 0.870 bits per heavy atom.